The Morgan fingerprint density at radius 3 is 2.59 bits per heavy atom. The summed E-state index contributed by atoms with van der Waals surface area (Å²) in [6.45, 7) is 2.08. The van der Waals surface area contributed by atoms with E-state index in [9.17, 15) is 9.59 Å². The molecule has 1 atom stereocenters. The number of primary amides is 1. The highest BCUT2D eigenvalue weighted by Crippen LogP contribution is 2.22. The summed E-state index contributed by atoms with van der Waals surface area (Å²) in [5.74, 6) is -0.787. The molecule has 0 aliphatic heterocycles. The van der Waals surface area contributed by atoms with Gasteiger partial charge in [0.2, 0.25) is 5.91 Å². The topological polar surface area (TPSA) is 84.2 Å². The van der Waals surface area contributed by atoms with E-state index < -0.39 is 5.91 Å². The summed E-state index contributed by atoms with van der Waals surface area (Å²) in [4.78, 5) is 23.1. The number of thiophene rings is 1. The maximum atomic E-state index is 11.9. The number of anilines is 1. The van der Waals surface area contributed by atoms with Crippen molar-refractivity contribution in [2.75, 3.05) is 11.9 Å². The Labute approximate surface area is 137 Å². The zero-order valence-electron chi connectivity index (χ0n) is 11.9. The van der Waals surface area contributed by atoms with Gasteiger partial charge in [0.25, 0.3) is 5.91 Å². The van der Waals surface area contributed by atoms with E-state index in [0.29, 0.717) is 15.6 Å². The molecule has 2 aromatic rings. The number of nitrogens with one attached hydrogen (secondary N) is 2. The lowest BCUT2D eigenvalue weighted by Gasteiger charge is -2.14. The first kappa shape index (κ1) is 16.5. The molecule has 1 aromatic carbocycles. The first-order chi connectivity index (χ1) is 10.5. The van der Waals surface area contributed by atoms with E-state index in [1.807, 2.05) is 19.1 Å². The number of hydrogen-bond donors (Lipinski definition) is 3. The van der Waals surface area contributed by atoms with Crippen LogP contribution in [0, 0.1) is 0 Å². The van der Waals surface area contributed by atoms with Crippen molar-refractivity contribution in [3.8, 4) is 0 Å². The van der Waals surface area contributed by atoms with Crippen molar-refractivity contribution in [1.29, 1.82) is 0 Å². The van der Waals surface area contributed by atoms with Crippen LogP contribution in [0.1, 0.15) is 28.9 Å². The molecule has 4 N–H and O–H groups in total. The van der Waals surface area contributed by atoms with E-state index in [1.165, 1.54) is 11.3 Å². The quantitative estimate of drug-likeness (QED) is 0.757. The van der Waals surface area contributed by atoms with Gasteiger partial charge in [-0.15, -0.1) is 11.3 Å². The Morgan fingerprint density at radius 2 is 1.95 bits per heavy atom. The van der Waals surface area contributed by atoms with Crippen molar-refractivity contribution in [3.05, 3.63) is 51.9 Å². The maximum absolute atomic E-state index is 11.9. The summed E-state index contributed by atoms with van der Waals surface area (Å²) in [5, 5.41) is 8.65. The molecule has 2 rings (SSSR count). The highest BCUT2D eigenvalue weighted by molar-refractivity contribution is 7.14. The zero-order valence-corrected chi connectivity index (χ0v) is 13.5. The lowest BCUT2D eigenvalue weighted by atomic mass is 10.1. The molecular formula is C15H16ClN3O2S. The molecule has 0 radical (unpaired) electrons. The van der Waals surface area contributed by atoms with Gasteiger partial charge in [0.15, 0.2) is 0 Å². The third-order valence-electron chi connectivity index (χ3n) is 3.12. The van der Waals surface area contributed by atoms with Gasteiger partial charge in [-0.1, -0.05) is 23.7 Å². The molecule has 0 saturated carbocycles. The Hall–Kier alpha value is -1.89. The van der Waals surface area contributed by atoms with E-state index in [0.717, 1.165) is 5.56 Å². The molecule has 2 amide bonds. The number of halogens is 1. The highest BCUT2D eigenvalue weighted by Gasteiger charge is 2.13. The van der Waals surface area contributed by atoms with Crippen LogP contribution >= 0.6 is 22.9 Å². The summed E-state index contributed by atoms with van der Waals surface area (Å²) in [5.41, 5.74) is 6.59. The summed E-state index contributed by atoms with van der Waals surface area (Å²) in [7, 11) is 0. The van der Waals surface area contributed by atoms with Crippen molar-refractivity contribution < 1.29 is 9.59 Å². The minimum Gasteiger partial charge on any atom is -0.366 e. The fourth-order valence-corrected chi connectivity index (χ4v) is 2.82. The van der Waals surface area contributed by atoms with Crippen LogP contribution < -0.4 is 16.4 Å². The fraction of sp³-hybridized carbons (Fsp3) is 0.200. The normalized spacial score (nSPS) is 11.9. The van der Waals surface area contributed by atoms with Crippen LogP contribution in [0.3, 0.4) is 0 Å². The molecule has 1 aromatic heterocycles. The lowest BCUT2D eigenvalue weighted by molar-refractivity contribution is -0.115. The molecule has 116 valence electrons. The van der Waals surface area contributed by atoms with Crippen LogP contribution in [0.25, 0.3) is 0 Å². The summed E-state index contributed by atoms with van der Waals surface area (Å²) < 4.78 is 0. The second-order valence-corrected chi connectivity index (χ2v) is 6.08. The number of benzene rings is 1. The van der Waals surface area contributed by atoms with Crippen LogP contribution in [-0.4, -0.2) is 18.4 Å². The van der Waals surface area contributed by atoms with Crippen LogP contribution in [-0.2, 0) is 4.79 Å². The van der Waals surface area contributed by atoms with Crippen molar-refractivity contribution in [1.82, 2.24) is 5.32 Å². The van der Waals surface area contributed by atoms with Gasteiger partial charge < -0.3 is 16.4 Å². The number of amides is 2. The van der Waals surface area contributed by atoms with Gasteiger partial charge in [-0.05, 0) is 36.1 Å². The maximum Gasteiger partial charge on any atom is 0.251 e. The van der Waals surface area contributed by atoms with Gasteiger partial charge in [-0.3, -0.25) is 9.59 Å². The van der Waals surface area contributed by atoms with Gasteiger partial charge in [0.1, 0.15) is 5.00 Å². The van der Waals surface area contributed by atoms with Crippen molar-refractivity contribution in [3.63, 3.8) is 0 Å². The van der Waals surface area contributed by atoms with E-state index in [2.05, 4.69) is 10.6 Å². The Kier molecular flexibility index (Phi) is 5.54. The predicted octanol–water partition coefficient (Wildman–Crippen LogP) is 2.79. The number of rotatable bonds is 6. The number of carbonyl (C=O) groups excluding carboxylic acids is 2. The standard InChI is InChI=1S/C15H16ClN3O2S/c1-9(10-2-4-11(16)5-3-10)18-8-13(20)19-15-12(14(17)21)6-7-22-15/h2-7,9,18H,8H2,1H3,(H2,17,21)(H,19,20)/t9-/m1/s1. The third kappa shape index (κ3) is 4.30. The van der Waals surface area contributed by atoms with Crippen LogP contribution in [0.2, 0.25) is 5.02 Å². The predicted molar refractivity (Wildman–Crippen MR) is 89.3 cm³/mol. The molecule has 0 spiro atoms. The van der Waals surface area contributed by atoms with Gasteiger partial charge in [-0.2, -0.15) is 0 Å². The van der Waals surface area contributed by atoms with Crippen LogP contribution in [0.4, 0.5) is 5.00 Å². The molecule has 0 saturated heterocycles. The van der Waals surface area contributed by atoms with E-state index in [4.69, 9.17) is 17.3 Å². The first-order valence-electron chi connectivity index (χ1n) is 6.63. The number of carbonyl (C=O) groups is 2. The minimum atomic E-state index is -0.556. The fourth-order valence-electron chi connectivity index (χ4n) is 1.89. The Balaban J connectivity index is 1.88. The van der Waals surface area contributed by atoms with Gasteiger partial charge in [0.05, 0.1) is 12.1 Å². The van der Waals surface area contributed by atoms with Crippen LogP contribution in [0.5, 0.6) is 0 Å². The molecule has 22 heavy (non-hydrogen) atoms. The Morgan fingerprint density at radius 1 is 1.27 bits per heavy atom. The Bertz CT molecular complexity index is 670. The third-order valence-corrected chi connectivity index (χ3v) is 4.20. The number of hydrogen-bond acceptors (Lipinski definition) is 4. The molecule has 7 heteroatoms. The molecule has 0 unspecified atom stereocenters. The second kappa shape index (κ2) is 7.40. The lowest BCUT2D eigenvalue weighted by Crippen LogP contribution is -2.30. The minimum absolute atomic E-state index is 0.00182. The molecule has 0 aliphatic rings. The largest absolute Gasteiger partial charge is 0.366 e. The summed E-state index contributed by atoms with van der Waals surface area (Å²) in [6.07, 6.45) is 0. The monoisotopic (exact) mass is 337 g/mol. The molecule has 1 heterocycles. The second-order valence-electron chi connectivity index (χ2n) is 4.73. The van der Waals surface area contributed by atoms with Crippen molar-refractivity contribution in [2.45, 2.75) is 13.0 Å². The SMILES string of the molecule is C[C@@H](NCC(=O)Nc1sccc1C(N)=O)c1ccc(Cl)cc1. The molecule has 0 bridgehead atoms. The molecular weight excluding hydrogens is 322 g/mol. The molecule has 0 fully saturated rings. The van der Waals surface area contributed by atoms with E-state index >= 15 is 0 Å². The van der Waals surface area contributed by atoms with Crippen molar-refractivity contribution >= 4 is 39.8 Å². The average Bonchev–Trinajstić information content (AvgIpc) is 2.94. The smallest absolute Gasteiger partial charge is 0.251 e. The van der Waals surface area contributed by atoms with E-state index in [1.54, 1.807) is 23.6 Å². The molecule has 5 nitrogen and oxygen atoms in total. The van der Waals surface area contributed by atoms with Gasteiger partial charge in [-0.25, -0.2) is 0 Å². The number of nitrogens with two attached hydrogens (primary N) is 1. The first-order valence-corrected chi connectivity index (χ1v) is 7.89. The summed E-state index contributed by atoms with van der Waals surface area (Å²) in [6, 6.07) is 9.01. The van der Waals surface area contributed by atoms with Crippen LogP contribution in [0.15, 0.2) is 35.7 Å². The van der Waals surface area contributed by atoms with E-state index in [-0.39, 0.29) is 18.5 Å². The highest BCUT2D eigenvalue weighted by atomic mass is 35.5. The zero-order chi connectivity index (χ0) is 16.1. The average molecular weight is 338 g/mol. The van der Waals surface area contributed by atoms with Gasteiger partial charge in [0, 0.05) is 11.1 Å². The van der Waals surface area contributed by atoms with Gasteiger partial charge >= 0.3 is 0 Å². The van der Waals surface area contributed by atoms with Crippen molar-refractivity contribution in [2.24, 2.45) is 5.73 Å². The molecule has 0 aliphatic carbocycles. The summed E-state index contributed by atoms with van der Waals surface area (Å²) >= 11 is 7.11.